The lowest BCUT2D eigenvalue weighted by Crippen LogP contribution is -2.45. The van der Waals surface area contributed by atoms with Crippen LogP contribution in [-0.2, 0) is 12.0 Å². The Balaban J connectivity index is 2.01. The fraction of sp³-hybridized carbons (Fsp3) is 0.812. The minimum absolute atomic E-state index is 0.0350. The van der Waals surface area contributed by atoms with Gasteiger partial charge in [0.15, 0.2) is 0 Å². The number of nitrogens with zero attached hydrogens (tertiary/aromatic N) is 2. The smallest absolute Gasteiger partial charge is 0.208 e. The Morgan fingerprint density at radius 2 is 2.25 bits per heavy atom. The second kappa shape index (κ2) is 6.72. The van der Waals surface area contributed by atoms with Crippen LogP contribution in [0.1, 0.15) is 58.6 Å². The molecule has 4 heteroatoms. The molecule has 1 aromatic heterocycles. The van der Waals surface area contributed by atoms with Gasteiger partial charge < -0.3 is 9.73 Å². The molecule has 1 aliphatic rings. The van der Waals surface area contributed by atoms with E-state index in [0.717, 1.165) is 37.8 Å². The topological polar surface area (TPSA) is 41.3 Å². The van der Waals surface area contributed by atoms with Gasteiger partial charge in [0.05, 0.1) is 12.7 Å². The minimum atomic E-state index is 0.0350. The number of oxazole rings is 1. The van der Waals surface area contributed by atoms with E-state index < -0.39 is 0 Å². The molecule has 20 heavy (non-hydrogen) atoms. The molecule has 1 atom stereocenters. The summed E-state index contributed by atoms with van der Waals surface area (Å²) < 4.78 is 5.94. The fourth-order valence-electron chi connectivity index (χ4n) is 2.73. The number of hydrogen-bond donors (Lipinski definition) is 1. The van der Waals surface area contributed by atoms with E-state index in [2.05, 4.69) is 42.9 Å². The SMILES string of the molecule is CCCN(Cc1ncc(C(C)(C)C)o1)C1CCCNC1. The Hall–Kier alpha value is -0.870. The second-order valence-corrected chi connectivity index (χ2v) is 6.84. The molecule has 4 nitrogen and oxygen atoms in total. The van der Waals surface area contributed by atoms with Gasteiger partial charge in [-0.15, -0.1) is 0 Å². The van der Waals surface area contributed by atoms with Gasteiger partial charge in [0.2, 0.25) is 5.89 Å². The third-order valence-electron chi connectivity index (χ3n) is 3.93. The van der Waals surface area contributed by atoms with Gasteiger partial charge >= 0.3 is 0 Å². The van der Waals surface area contributed by atoms with E-state index in [4.69, 9.17) is 4.42 Å². The zero-order chi connectivity index (χ0) is 14.6. The van der Waals surface area contributed by atoms with Gasteiger partial charge in [-0.25, -0.2) is 4.98 Å². The van der Waals surface area contributed by atoms with E-state index in [0.29, 0.717) is 6.04 Å². The predicted octanol–water partition coefficient (Wildman–Crippen LogP) is 2.94. The first kappa shape index (κ1) is 15.5. The van der Waals surface area contributed by atoms with E-state index in [1.54, 1.807) is 0 Å². The van der Waals surface area contributed by atoms with Crippen LogP contribution in [0.2, 0.25) is 0 Å². The monoisotopic (exact) mass is 279 g/mol. The van der Waals surface area contributed by atoms with Crippen molar-refractivity contribution in [3.8, 4) is 0 Å². The molecule has 1 aliphatic heterocycles. The highest BCUT2D eigenvalue weighted by molar-refractivity contribution is 5.06. The summed E-state index contributed by atoms with van der Waals surface area (Å²) in [4.78, 5) is 6.99. The molecule has 0 aromatic carbocycles. The number of aromatic nitrogens is 1. The van der Waals surface area contributed by atoms with E-state index in [1.807, 2.05) is 6.20 Å². The predicted molar refractivity (Wildman–Crippen MR) is 81.8 cm³/mol. The Bertz CT molecular complexity index is 402. The molecule has 0 bridgehead atoms. The average molecular weight is 279 g/mol. The molecule has 1 saturated heterocycles. The Labute approximate surface area is 122 Å². The summed E-state index contributed by atoms with van der Waals surface area (Å²) in [6.07, 6.45) is 5.60. The lowest BCUT2D eigenvalue weighted by molar-refractivity contribution is 0.143. The van der Waals surface area contributed by atoms with Gasteiger partial charge in [-0.2, -0.15) is 0 Å². The summed E-state index contributed by atoms with van der Waals surface area (Å²) in [7, 11) is 0. The van der Waals surface area contributed by atoms with Gasteiger partial charge in [-0.3, -0.25) is 4.90 Å². The third-order valence-corrected chi connectivity index (χ3v) is 3.93. The summed E-state index contributed by atoms with van der Waals surface area (Å²) in [6, 6.07) is 0.619. The van der Waals surface area contributed by atoms with Gasteiger partial charge in [-0.1, -0.05) is 27.7 Å². The second-order valence-electron chi connectivity index (χ2n) is 6.84. The van der Waals surface area contributed by atoms with Gasteiger partial charge in [0.1, 0.15) is 5.76 Å². The molecule has 0 radical (unpaired) electrons. The maximum atomic E-state index is 5.94. The van der Waals surface area contributed by atoms with Crippen molar-refractivity contribution in [1.29, 1.82) is 0 Å². The van der Waals surface area contributed by atoms with Gasteiger partial charge in [0.25, 0.3) is 0 Å². The van der Waals surface area contributed by atoms with E-state index >= 15 is 0 Å². The van der Waals surface area contributed by atoms with Crippen LogP contribution in [0.25, 0.3) is 0 Å². The summed E-state index contributed by atoms with van der Waals surface area (Å²) in [5.41, 5.74) is 0.0350. The minimum Gasteiger partial charge on any atom is -0.444 e. The van der Waals surface area contributed by atoms with Gasteiger partial charge in [0, 0.05) is 18.0 Å². The zero-order valence-corrected chi connectivity index (χ0v) is 13.4. The molecule has 1 fully saturated rings. The van der Waals surface area contributed by atoms with Crippen LogP contribution in [0.4, 0.5) is 0 Å². The first-order valence-corrected chi connectivity index (χ1v) is 7.90. The molecule has 1 aromatic rings. The quantitative estimate of drug-likeness (QED) is 0.900. The first-order chi connectivity index (χ1) is 9.50. The molecule has 0 spiro atoms. The maximum Gasteiger partial charge on any atom is 0.208 e. The highest BCUT2D eigenvalue weighted by Crippen LogP contribution is 2.23. The van der Waals surface area contributed by atoms with Gasteiger partial charge in [-0.05, 0) is 32.4 Å². The van der Waals surface area contributed by atoms with Crippen LogP contribution in [-0.4, -0.2) is 35.6 Å². The molecule has 0 amide bonds. The van der Waals surface area contributed by atoms with E-state index in [-0.39, 0.29) is 5.41 Å². The highest BCUT2D eigenvalue weighted by Gasteiger charge is 2.24. The Kier molecular flexibility index (Phi) is 5.22. The van der Waals surface area contributed by atoms with Crippen LogP contribution in [0, 0.1) is 0 Å². The lowest BCUT2D eigenvalue weighted by Gasteiger charge is -2.33. The van der Waals surface area contributed by atoms with Crippen molar-refractivity contribution in [2.24, 2.45) is 0 Å². The van der Waals surface area contributed by atoms with Crippen LogP contribution < -0.4 is 5.32 Å². The van der Waals surface area contributed by atoms with Crippen molar-refractivity contribution >= 4 is 0 Å². The summed E-state index contributed by atoms with van der Waals surface area (Å²) in [6.45, 7) is 12.9. The molecule has 1 N–H and O–H groups in total. The fourth-order valence-corrected chi connectivity index (χ4v) is 2.73. The number of nitrogens with one attached hydrogen (secondary N) is 1. The average Bonchev–Trinajstić information content (AvgIpc) is 2.88. The van der Waals surface area contributed by atoms with Crippen molar-refractivity contribution in [3.05, 3.63) is 17.8 Å². The van der Waals surface area contributed by atoms with Crippen molar-refractivity contribution in [2.45, 2.75) is 65.0 Å². The molecular formula is C16H29N3O. The van der Waals surface area contributed by atoms with Crippen LogP contribution >= 0.6 is 0 Å². The maximum absolute atomic E-state index is 5.94. The standard InChI is InChI=1S/C16H29N3O/c1-5-9-19(13-7-6-8-17-10-13)12-15-18-11-14(20-15)16(2,3)4/h11,13,17H,5-10,12H2,1-4H3. The zero-order valence-electron chi connectivity index (χ0n) is 13.4. The normalized spacial score (nSPS) is 20.6. The summed E-state index contributed by atoms with van der Waals surface area (Å²) in [5.74, 6) is 1.83. The Morgan fingerprint density at radius 1 is 1.45 bits per heavy atom. The molecular weight excluding hydrogens is 250 g/mol. The lowest BCUT2D eigenvalue weighted by atomic mass is 9.94. The van der Waals surface area contributed by atoms with Crippen molar-refractivity contribution in [1.82, 2.24) is 15.2 Å². The third kappa shape index (κ3) is 4.06. The van der Waals surface area contributed by atoms with Crippen LogP contribution in [0.15, 0.2) is 10.6 Å². The van der Waals surface area contributed by atoms with Crippen molar-refractivity contribution in [2.75, 3.05) is 19.6 Å². The van der Waals surface area contributed by atoms with E-state index in [1.165, 1.54) is 19.3 Å². The molecule has 2 heterocycles. The highest BCUT2D eigenvalue weighted by atomic mass is 16.4. The largest absolute Gasteiger partial charge is 0.444 e. The molecule has 0 saturated carbocycles. The number of piperidine rings is 1. The number of rotatable bonds is 5. The van der Waals surface area contributed by atoms with Crippen LogP contribution in [0.5, 0.6) is 0 Å². The summed E-state index contributed by atoms with van der Waals surface area (Å²) in [5, 5.41) is 3.50. The first-order valence-electron chi connectivity index (χ1n) is 7.90. The van der Waals surface area contributed by atoms with Crippen LogP contribution in [0.3, 0.4) is 0 Å². The number of hydrogen-bond acceptors (Lipinski definition) is 4. The summed E-state index contributed by atoms with van der Waals surface area (Å²) >= 11 is 0. The van der Waals surface area contributed by atoms with E-state index in [9.17, 15) is 0 Å². The molecule has 1 unspecified atom stereocenters. The molecule has 114 valence electrons. The molecule has 2 rings (SSSR count). The molecule has 0 aliphatic carbocycles. The van der Waals surface area contributed by atoms with Crippen molar-refractivity contribution < 1.29 is 4.42 Å². The Morgan fingerprint density at radius 3 is 2.80 bits per heavy atom. The van der Waals surface area contributed by atoms with Crippen molar-refractivity contribution in [3.63, 3.8) is 0 Å².